The predicted octanol–water partition coefficient (Wildman–Crippen LogP) is 2.93. The molecule has 4 nitrogen and oxygen atoms in total. The molecule has 0 aliphatic carbocycles. The van der Waals surface area contributed by atoms with Crippen LogP contribution in [-0.2, 0) is 16.6 Å². The third-order valence-corrected chi connectivity index (χ3v) is 5.46. The molecule has 1 aromatic heterocycles. The number of nitrogens with zero attached hydrogens (tertiary/aromatic N) is 2. The van der Waals surface area contributed by atoms with E-state index in [9.17, 15) is 8.42 Å². The van der Waals surface area contributed by atoms with E-state index in [0.29, 0.717) is 5.02 Å². The van der Waals surface area contributed by atoms with Crippen molar-refractivity contribution < 1.29 is 8.42 Å². The van der Waals surface area contributed by atoms with Crippen LogP contribution >= 0.6 is 22.9 Å². The second-order valence-corrected chi connectivity index (χ2v) is 7.62. The Hall–Kier alpha value is -0.950. The van der Waals surface area contributed by atoms with Crippen molar-refractivity contribution in [1.29, 1.82) is 0 Å². The lowest BCUT2D eigenvalue weighted by Crippen LogP contribution is -2.26. The Bertz CT molecular complexity index is 665. The topological polar surface area (TPSA) is 50.3 Å². The first-order valence-electron chi connectivity index (χ1n) is 5.52. The minimum absolute atomic E-state index is 0.228. The number of halogens is 1. The normalized spacial score (nSPS) is 12.0. The highest BCUT2D eigenvalue weighted by molar-refractivity contribution is 7.89. The molecule has 0 fully saturated rings. The van der Waals surface area contributed by atoms with Gasteiger partial charge in [-0.3, -0.25) is 0 Å². The summed E-state index contributed by atoms with van der Waals surface area (Å²) in [6.45, 7) is 2.15. The van der Waals surface area contributed by atoms with E-state index in [2.05, 4.69) is 4.98 Å². The first kappa shape index (κ1) is 14.5. The summed E-state index contributed by atoms with van der Waals surface area (Å²) in [5, 5.41) is 3.30. The Kier molecular flexibility index (Phi) is 4.25. The van der Waals surface area contributed by atoms with E-state index < -0.39 is 10.0 Å². The number of aryl methyl sites for hydroxylation is 1. The van der Waals surface area contributed by atoms with Gasteiger partial charge in [0.2, 0.25) is 10.0 Å². The quantitative estimate of drug-likeness (QED) is 0.871. The minimum atomic E-state index is -3.51. The molecule has 7 heteroatoms. The summed E-state index contributed by atoms with van der Waals surface area (Å²) in [4.78, 5) is 4.49. The molecule has 1 heterocycles. The average molecular weight is 317 g/mol. The van der Waals surface area contributed by atoms with E-state index >= 15 is 0 Å². The van der Waals surface area contributed by atoms with Crippen LogP contribution in [0, 0.1) is 6.92 Å². The first-order valence-corrected chi connectivity index (χ1v) is 8.22. The van der Waals surface area contributed by atoms with Gasteiger partial charge in [0.05, 0.1) is 22.1 Å². The van der Waals surface area contributed by atoms with Gasteiger partial charge < -0.3 is 0 Å². The van der Waals surface area contributed by atoms with Gasteiger partial charge in [0, 0.05) is 17.5 Å². The van der Waals surface area contributed by atoms with Gasteiger partial charge in [-0.2, -0.15) is 4.31 Å². The van der Waals surface area contributed by atoms with Crippen LogP contribution < -0.4 is 0 Å². The van der Waals surface area contributed by atoms with Crippen LogP contribution in [0.5, 0.6) is 0 Å². The van der Waals surface area contributed by atoms with E-state index in [1.54, 1.807) is 19.2 Å². The molecule has 102 valence electrons. The van der Waals surface area contributed by atoms with Gasteiger partial charge in [-0.25, -0.2) is 13.4 Å². The average Bonchev–Trinajstić information content (AvgIpc) is 2.75. The van der Waals surface area contributed by atoms with Gasteiger partial charge in [0.25, 0.3) is 0 Å². The summed E-state index contributed by atoms with van der Waals surface area (Å²) < 4.78 is 25.9. The second kappa shape index (κ2) is 5.58. The van der Waals surface area contributed by atoms with Gasteiger partial charge >= 0.3 is 0 Å². The molecule has 19 heavy (non-hydrogen) atoms. The standard InChI is InChI=1S/C12H13ClN2O2S2/c1-9-14-11(8-18-9)7-15(2)19(16,17)12-5-3-10(13)4-6-12/h3-6,8H,7H2,1-2H3. The summed E-state index contributed by atoms with van der Waals surface area (Å²) in [5.74, 6) is 0. The van der Waals surface area contributed by atoms with Crippen LogP contribution in [0.1, 0.15) is 10.7 Å². The lowest BCUT2D eigenvalue weighted by Gasteiger charge is -2.16. The van der Waals surface area contributed by atoms with Crippen LogP contribution in [0.15, 0.2) is 34.5 Å². The van der Waals surface area contributed by atoms with Crippen molar-refractivity contribution in [3.63, 3.8) is 0 Å². The third kappa shape index (κ3) is 3.33. The molecule has 2 rings (SSSR count). The van der Waals surface area contributed by atoms with Crippen molar-refractivity contribution >= 4 is 33.0 Å². The lowest BCUT2D eigenvalue weighted by molar-refractivity contribution is 0.463. The van der Waals surface area contributed by atoms with Gasteiger partial charge in [0.15, 0.2) is 0 Å². The zero-order valence-corrected chi connectivity index (χ0v) is 12.9. The molecular formula is C12H13ClN2O2S2. The highest BCUT2D eigenvalue weighted by atomic mass is 35.5. The van der Waals surface area contributed by atoms with Crippen LogP contribution in [0.2, 0.25) is 5.02 Å². The highest BCUT2D eigenvalue weighted by Gasteiger charge is 2.21. The van der Waals surface area contributed by atoms with E-state index in [1.165, 1.54) is 27.8 Å². The number of hydrogen-bond donors (Lipinski definition) is 0. The number of rotatable bonds is 4. The molecule has 0 aliphatic rings. The summed E-state index contributed by atoms with van der Waals surface area (Å²) in [6, 6.07) is 6.13. The van der Waals surface area contributed by atoms with Crippen LogP contribution in [0.25, 0.3) is 0 Å². The fraction of sp³-hybridized carbons (Fsp3) is 0.250. The molecule has 0 saturated heterocycles. The highest BCUT2D eigenvalue weighted by Crippen LogP contribution is 2.19. The largest absolute Gasteiger partial charge is 0.245 e. The monoisotopic (exact) mass is 316 g/mol. The molecule has 0 aliphatic heterocycles. The molecule has 0 bridgehead atoms. The molecular weight excluding hydrogens is 304 g/mol. The van der Waals surface area contributed by atoms with Crippen molar-refractivity contribution in [2.75, 3.05) is 7.05 Å². The number of sulfonamides is 1. The van der Waals surface area contributed by atoms with Gasteiger partial charge in [-0.15, -0.1) is 11.3 Å². The zero-order chi connectivity index (χ0) is 14.0. The van der Waals surface area contributed by atoms with Crippen molar-refractivity contribution in [2.45, 2.75) is 18.4 Å². The van der Waals surface area contributed by atoms with E-state index in [1.807, 2.05) is 12.3 Å². The third-order valence-electron chi connectivity index (χ3n) is 2.57. The molecule has 0 radical (unpaired) electrons. The Morgan fingerprint density at radius 3 is 2.47 bits per heavy atom. The maximum Gasteiger partial charge on any atom is 0.243 e. The van der Waals surface area contributed by atoms with Crippen LogP contribution in [-0.4, -0.2) is 24.8 Å². The molecule has 0 atom stereocenters. The first-order chi connectivity index (χ1) is 8.89. The fourth-order valence-electron chi connectivity index (χ4n) is 1.58. The Morgan fingerprint density at radius 2 is 1.95 bits per heavy atom. The van der Waals surface area contributed by atoms with Crippen molar-refractivity contribution in [3.05, 3.63) is 45.4 Å². The minimum Gasteiger partial charge on any atom is -0.245 e. The molecule has 0 N–H and O–H groups in total. The number of hydrogen-bond acceptors (Lipinski definition) is 4. The van der Waals surface area contributed by atoms with Crippen molar-refractivity contribution in [1.82, 2.24) is 9.29 Å². The number of benzene rings is 1. The van der Waals surface area contributed by atoms with E-state index in [0.717, 1.165) is 10.7 Å². The van der Waals surface area contributed by atoms with E-state index in [4.69, 9.17) is 11.6 Å². The number of aromatic nitrogens is 1. The van der Waals surface area contributed by atoms with Gasteiger partial charge in [-0.1, -0.05) is 11.6 Å². The van der Waals surface area contributed by atoms with Crippen molar-refractivity contribution in [3.8, 4) is 0 Å². The Balaban J connectivity index is 2.21. The fourth-order valence-corrected chi connectivity index (χ4v) is 3.45. The SMILES string of the molecule is Cc1nc(CN(C)S(=O)(=O)c2ccc(Cl)cc2)cs1. The second-order valence-electron chi connectivity index (χ2n) is 4.07. The van der Waals surface area contributed by atoms with Crippen molar-refractivity contribution in [2.24, 2.45) is 0 Å². The van der Waals surface area contributed by atoms with Gasteiger partial charge in [0.1, 0.15) is 0 Å². The molecule has 0 saturated carbocycles. The predicted molar refractivity (Wildman–Crippen MR) is 77.0 cm³/mol. The summed E-state index contributed by atoms with van der Waals surface area (Å²) in [5.41, 5.74) is 0.752. The maximum atomic E-state index is 12.3. The Morgan fingerprint density at radius 1 is 1.32 bits per heavy atom. The smallest absolute Gasteiger partial charge is 0.243 e. The summed E-state index contributed by atoms with van der Waals surface area (Å²) in [6.07, 6.45) is 0. The summed E-state index contributed by atoms with van der Waals surface area (Å²) in [7, 11) is -1.97. The zero-order valence-electron chi connectivity index (χ0n) is 10.5. The maximum absolute atomic E-state index is 12.3. The molecule has 0 unspecified atom stereocenters. The molecule has 0 spiro atoms. The molecule has 1 aromatic carbocycles. The van der Waals surface area contributed by atoms with Gasteiger partial charge in [-0.05, 0) is 31.2 Å². The molecule has 2 aromatic rings. The number of thiazole rings is 1. The van der Waals surface area contributed by atoms with E-state index in [-0.39, 0.29) is 11.4 Å². The Labute approximate surface area is 121 Å². The molecule has 0 amide bonds. The summed E-state index contributed by atoms with van der Waals surface area (Å²) >= 11 is 7.26. The van der Waals surface area contributed by atoms with Crippen LogP contribution in [0.3, 0.4) is 0 Å². The van der Waals surface area contributed by atoms with Crippen LogP contribution in [0.4, 0.5) is 0 Å². The lowest BCUT2D eigenvalue weighted by atomic mass is 10.4.